The predicted octanol–water partition coefficient (Wildman–Crippen LogP) is 2.17. The molecule has 13 heteroatoms. The lowest BCUT2D eigenvalue weighted by Crippen LogP contribution is -2.40. The Balaban J connectivity index is 2.04. The molecule has 1 aliphatic heterocycles. The van der Waals surface area contributed by atoms with Gasteiger partial charge in [0.05, 0.1) is 11.6 Å². The summed E-state index contributed by atoms with van der Waals surface area (Å²) in [5, 5.41) is -1.11. The van der Waals surface area contributed by atoms with Gasteiger partial charge in [-0.05, 0) is 11.6 Å². The van der Waals surface area contributed by atoms with E-state index in [0.717, 1.165) is 0 Å². The first-order valence-corrected chi connectivity index (χ1v) is 10.1. The van der Waals surface area contributed by atoms with Crippen LogP contribution in [0.1, 0.15) is 26.1 Å². The van der Waals surface area contributed by atoms with Crippen molar-refractivity contribution in [2.75, 3.05) is 6.61 Å². The van der Waals surface area contributed by atoms with Crippen LogP contribution in [0, 0.1) is 0 Å². The fourth-order valence-electron chi connectivity index (χ4n) is 2.96. The second-order valence-corrected chi connectivity index (χ2v) is 8.18. The molecule has 0 saturated carbocycles. The first kappa shape index (κ1) is 21.6. The van der Waals surface area contributed by atoms with E-state index in [9.17, 15) is 14.4 Å². The zero-order valence-electron chi connectivity index (χ0n) is 15.5. The van der Waals surface area contributed by atoms with Crippen molar-refractivity contribution in [3.63, 3.8) is 0 Å². The van der Waals surface area contributed by atoms with Crippen LogP contribution in [-0.2, 0) is 28.6 Å². The van der Waals surface area contributed by atoms with Crippen LogP contribution in [0.25, 0.3) is 11.2 Å². The molecule has 1 fully saturated rings. The van der Waals surface area contributed by atoms with Crippen LogP contribution in [0.15, 0.2) is 6.33 Å². The summed E-state index contributed by atoms with van der Waals surface area (Å²) in [7, 11) is 0. The van der Waals surface area contributed by atoms with Crippen molar-refractivity contribution in [3.05, 3.63) is 16.8 Å². The molecule has 0 radical (unpaired) electrons. The molecule has 0 amide bonds. The third-order valence-electron chi connectivity index (χ3n) is 3.97. The number of carbonyl (C=O) groups excluding carboxylic acids is 3. The lowest BCUT2D eigenvalue weighted by molar-refractivity contribution is -0.166. The fourth-order valence-corrected chi connectivity index (χ4v) is 4.90. The molecule has 2 aromatic heterocycles. The van der Waals surface area contributed by atoms with Gasteiger partial charge in [0.1, 0.15) is 17.5 Å². The minimum Gasteiger partial charge on any atom is -0.465 e. The van der Waals surface area contributed by atoms with Crippen LogP contribution < -0.4 is 0 Å². The van der Waals surface area contributed by atoms with E-state index in [0.29, 0.717) is 11.2 Å². The molecule has 4 atom stereocenters. The van der Waals surface area contributed by atoms with Gasteiger partial charge in [0.15, 0.2) is 23.0 Å². The zero-order valence-corrected chi connectivity index (χ0v) is 17.8. The molecular weight excluding hydrogens is 447 g/mol. The minimum atomic E-state index is -0.896. The van der Waals surface area contributed by atoms with Crippen molar-refractivity contribution in [1.29, 1.82) is 0 Å². The number of halogens is 2. The predicted molar refractivity (Wildman–Crippen MR) is 104 cm³/mol. The molecule has 0 aliphatic carbocycles. The molecule has 0 spiro atoms. The first-order chi connectivity index (χ1) is 13.7. The monoisotopic (exact) mass is 462 g/mol. The Bertz CT molecular complexity index is 970. The number of nitrogens with zero attached hydrogens (tertiary/aromatic N) is 4. The van der Waals surface area contributed by atoms with Crippen molar-refractivity contribution in [2.24, 2.45) is 0 Å². The Labute approximate surface area is 179 Å². The summed E-state index contributed by atoms with van der Waals surface area (Å²) in [5.74, 6) is -1.62. The van der Waals surface area contributed by atoms with Gasteiger partial charge in [-0.25, -0.2) is 9.97 Å². The third-order valence-corrected chi connectivity index (χ3v) is 5.93. The highest BCUT2D eigenvalue weighted by Gasteiger charge is 2.50. The summed E-state index contributed by atoms with van der Waals surface area (Å²) in [6.07, 6.45) is -0.308. The number of aromatic nitrogens is 4. The average Bonchev–Trinajstić information content (AvgIpc) is 3.15. The summed E-state index contributed by atoms with van der Waals surface area (Å²) in [6.45, 7) is 3.71. The number of hydrogen-bond donors (Lipinski definition) is 0. The van der Waals surface area contributed by atoms with Crippen molar-refractivity contribution < 1.29 is 28.6 Å². The van der Waals surface area contributed by atoms with Crippen molar-refractivity contribution in [1.82, 2.24) is 19.5 Å². The summed E-state index contributed by atoms with van der Waals surface area (Å²) < 4.78 is 17.6. The number of thioether (sulfide) groups is 1. The van der Waals surface area contributed by atoms with Crippen molar-refractivity contribution in [2.45, 2.75) is 43.6 Å². The average molecular weight is 463 g/mol. The zero-order chi connectivity index (χ0) is 21.3. The van der Waals surface area contributed by atoms with Crippen LogP contribution in [0.3, 0.4) is 0 Å². The maximum atomic E-state index is 11.7. The summed E-state index contributed by atoms with van der Waals surface area (Å²) in [4.78, 5) is 46.9. The number of esters is 3. The number of fused-ring (bicyclic) bond motifs is 1. The van der Waals surface area contributed by atoms with E-state index in [4.69, 9.17) is 37.4 Å². The molecule has 1 saturated heterocycles. The molecule has 3 heterocycles. The highest BCUT2D eigenvalue weighted by molar-refractivity contribution is 8.00. The van der Waals surface area contributed by atoms with E-state index >= 15 is 0 Å². The van der Waals surface area contributed by atoms with E-state index in [1.165, 1.54) is 38.9 Å². The topological polar surface area (TPSA) is 123 Å². The minimum absolute atomic E-state index is 0.0463. The van der Waals surface area contributed by atoms with E-state index < -0.39 is 40.7 Å². The van der Waals surface area contributed by atoms with Gasteiger partial charge in [-0.2, -0.15) is 4.98 Å². The van der Waals surface area contributed by atoms with E-state index in [2.05, 4.69) is 15.0 Å². The lowest BCUT2D eigenvalue weighted by atomic mass is 10.1. The lowest BCUT2D eigenvalue weighted by Gasteiger charge is -2.25. The van der Waals surface area contributed by atoms with Gasteiger partial charge in [0.25, 0.3) is 0 Å². The molecule has 29 heavy (non-hydrogen) atoms. The molecule has 1 aliphatic rings. The number of ether oxygens (including phenoxy) is 3. The summed E-state index contributed by atoms with van der Waals surface area (Å²) in [5.41, 5.74) is 0.630. The molecule has 156 valence electrons. The van der Waals surface area contributed by atoms with Gasteiger partial charge < -0.3 is 14.2 Å². The van der Waals surface area contributed by atoms with Gasteiger partial charge in [-0.1, -0.05) is 11.6 Å². The van der Waals surface area contributed by atoms with Crippen LogP contribution in [-0.4, -0.2) is 61.5 Å². The summed E-state index contributed by atoms with van der Waals surface area (Å²) in [6, 6.07) is 0. The number of imidazole rings is 1. The molecule has 2 aromatic rings. The quantitative estimate of drug-likeness (QED) is 0.282. The van der Waals surface area contributed by atoms with Gasteiger partial charge in [0, 0.05) is 20.8 Å². The Morgan fingerprint density at radius 2 is 1.72 bits per heavy atom. The highest BCUT2D eigenvalue weighted by atomic mass is 35.5. The standard InChI is InChI=1S/C16H16Cl2N4O6S/c1-6(23)26-4-9-11(27-7(2)24)12(28-8(3)25)15(29-9)22-5-19-10-13(17)20-16(18)21-14(10)22/h5,9,11-12,15H,4H2,1-3H3/t9-,11-,12-,15+/m1/s1. The largest absolute Gasteiger partial charge is 0.465 e. The van der Waals surface area contributed by atoms with Gasteiger partial charge in [-0.15, -0.1) is 11.8 Å². The van der Waals surface area contributed by atoms with Gasteiger partial charge in [0.2, 0.25) is 5.28 Å². The fraction of sp³-hybridized carbons (Fsp3) is 0.500. The van der Waals surface area contributed by atoms with Crippen molar-refractivity contribution >= 4 is 64.0 Å². The maximum Gasteiger partial charge on any atom is 0.303 e. The van der Waals surface area contributed by atoms with Gasteiger partial charge >= 0.3 is 17.9 Å². The molecule has 10 nitrogen and oxygen atoms in total. The Morgan fingerprint density at radius 1 is 1.07 bits per heavy atom. The van der Waals surface area contributed by atoms with Crippen LogP contribution >= 0.6 is 35.0 Å². The molecule has 0 unspecified atom stereocenters. The molecule has 0 aromatic carbocycles. The summed E-state index contributed by atoms with van der Waals surface area (Å²) >= 11 is 13.3. The van der Waals surface area contributed by atoms with E-state index in [1.54, 1.807) is 4.57 Å². The second kappa shape index (κ2) is 8.72. The number of carbonyl (C=O) groups is 3. The smallest absolute Gasteiger partial charge is 0.303 e. The van der Waals surface area contributed by atoms with Crippen LogP contribution in [0.2, 0.25) is 10.4 Å². The Hall–Kier alpha value is -2.11. The Kier molecular flexibility index (Phi) is 6.49. The SMILES string of the molecule is CC(=O)OC[C@H]1S[C@H](n2cnc3c(Cl)nc(Cl)nc32)[C@H](OC(C)=O)[C@@H]1OC(C)=O. The number of hydrogen-bond acceptors (Lipinski definition) is 10. The van der Waals surface area contributed by atoms with Crippen LogP contribution in [0.5, 0.6) is 0 Å². The number of rotatable bonds is 5. The van der Waals surface area contributed by atoms with Crippen molar-refractivity contribution in [3.8, 4) is 0 Å². The molecule has 0 N–H and O–H groups in total. The molecule has 0 bridgehead atoms. The normalized spacial score (nSPS) is 23.8. The third kappa shape index (κ3) is 4.73. The first-order valence-electron chi connectivity index (χ1n) is 8.36. The highest BCUT2D eigenvalue weighted by Crippen LogP contribution is 2.46. The van der Waals surface area contributed by atoms with Crippen LogP contribution in [0.4, 0.5) is 0 Å². The molecule has 3 rings (SSSR count). The second-order valence-electron chi connectivity index (χ2n) is 6.12. The maximum absolute atomic E-state index is 11.7. The Morgan fingerprint density at radius 3 is 2.34 bits per heavy atom. The van der Waals surface area contributed by atoms with E-state index in [1.807, 2.05) is 0 Å². The molecular formula is C16H16Cl2N4O6S. The van der Waals surface area contributed by atoms with E-state index in [-0.39, 0.29) is 17.0 Å². The van der Waals surface area contributed by atoms with Gasteiger partial charge in [-0.3, -0.25) is 19.0 Å².